The Morgan fingerprint density at radius 3 is 2.52 bits per heavy atom. The van der Waals surface area contributed by atoms with Crippen molar-refractivity contribution in [3.63, 3.8) is 0 Å². The summed E-state index contributed by atoms with van der Waals surface area (Å²) in [6.45, 7) is 3.19. The highest BCUT2D eigenvalue weighted by Crippen LogP contribution is 2.36. The number of benzene rings is 3. The van der Waals surface area contributed by atoms with E-state index in [0.29, 0.717) is 11.7 Å². The average molecular weight is 415 g/mol. The summed E-state index contributed by atoms with van der Waals surface area (Å²) in [5, 5.41) is 0. The number of nitrogens with two attached hydrogens (primary N) is 1. The SMILES string of the molecule is NC(=O)Oc1ccc2c(c1)CCc1cc(CN3CCC(c4ccccc4)C3)ccc1O2. The smallest absolute Gasteiger partial charge is 0.409 e. The zero-order chi connectivity index (χ0) is 21.2. The number of fused-ring (bicyclic) bond motifs is 2. The van der Waals surface area contributed by atoms with Crippen LogP contribution in [0.4, 0.5) is 4.79 Å². The van der Waals surface area contributed by atoms with Crippen LogP contribution in [0.3, 0.4) is 0 Å². The quantitative estimate of drug-likeness (QED) is 0.651. The van der Waals surface area contributed by atoms with Gasteiger partial charge in [0, 0.05) is 13.1 Å². The molecule has 2 aliphatic rings. The summed E-state index contributed by atoms with van der Waals surface area (Å²) in [5.74, 6) is 2.77. The minimum absolute atomic E-state index is 0.448. The van der Waals surface area contributed by atoms with Crippen LogP contribution in [-0.2, 0) is 19.4 Å². The van der Waals surface area contributed by atoms with E-state index in [1.165, 1.54) is 23.1 Å². The summed E-state index contributed by atoms with van der Waals surface area (Å²) in [7, 11) is 0. The Morgan fingerprint density at radius 1 is 1.00 bits per heavy atom. The van der Waals surface area contributed by atoms with E-state index in [1.807, 2.05) is 12.1 Å². The molecule has 5 rings (SSSR count). The first-order chi connectivity index (χ1) is 15.1. The highest BCUT2D eigenvalue weighted by molar-refractivity contribution is 5.68. The normalized spacial score (nSPS) is 17.9. The molecule has 31 heavy (non-hydrogen) atoms. The maximum Gasteiger partial charge on any atom is 0.409 e. The van der Waals surface area contributed by atoms with E-state index in [4.69, 9.17) is 15.2 Å². The number of likely N-dealkylation sites (tertiary alicyclic amines) is 1. The molecule has 0 radical (unpaired) electrons. The van der Waals surface area contributed by atoms with Gasteiger partial charge >= 0.3 is 6.09 Å². The molecular formula is C26H26N2O3. The van der Waals surface area contributed by atoms with Gasteiger partial charge in [0.1, 0.15) is 17.2 Å². The highest BCUT2D eigenvalue weighted by atomic mass is 16.5. The van der Waals surface area contributed by atoms with Gasteiger partial charge in [-0.15, -0.1) is 0 Å². The van der Waals surface area contributed by atoms with Gasteiger partial charge in [0.25, 0.3) is 0 Å². The molecule has 1 unspecified atom stereocenters. The average Bonchev–Trinajstić information content (AvgIpc) is 3.16. The Labute approximate surface area is 182 Å². The third kappa shape index (κ3) is 4.42. The van der Waals surface area contributed by atoms with Gasteiger partial charge in [0.2, 0.25) is 0 Å². The number of rotatable bonds is 4. The summed E-state index contributed by atoms with van der Waals surface area (Å²) >= 11 is 0. The van der Waals surface area contributed by atoms with Crippen molar-refractivity contribution in [2.75, 3.05) is 13.1 Å². The topological polar surface area (TPSA) is 64.8 Å². The number of hydrogen-bond acceptors (Lipinski definition) is 4. The second-order valence-corrected chi connectivity index (χ2v) is 8.37. The molecule has 0 saturated carbocycles. The fraction of sp³-hybridized carbons (Fsp3) is 0.269. The molecule has 0 aromatic heterocycles. The first kappa shape index (κ1) is 19.6. The van der Waals surface area contributed by atoms with E-state index in [0.717, 1.165) is 49.5 Å². The molecule has 0 spiro atoms. The van der Waals surface area contributed by atoms with Crippen molar-refractivity contribution in [2.24, 2.45) is 5.73 Å². The number of primary amides is 1. The molecule has 3 aromatic carbocycles. The molecule has 1 saturated heterocycles. The molecular weight excluding hydrogens is 388 g/mol. The number of amides is 1. The fourth-order valence-corrected chi connectivity index (χ4v) is 4.68. The number of aryl methyl sites for hydroxylation is 2. The maximum absolute atomic E-state index is 11.0. The molecule has 1 fully saturated rings. The van der Waals surface area contributed by atoms with Crippen molar-refractivity contribution in [2.45, 2.75) is 31.7 Å². The van der Waals surface area contributed by atoms with Gasteiger partial charge < -0.3 is 15.2 Å². The van der Waals surface area contributed by atoms with Crippen molar-refractivity contribution >= 4 is 6.09 Å². The number of ether oxygens (including phenoxy) is 2. The van der Waals surface area contributed by atoms with Crippen LogP contribution in [0.25, 0.3) is 0 Å². The number of nitrogens with zero attached hydrogens (tertiary/aromatic N) is 1. The van der Waals surface area contributed by atoms with Gasteiger partial charge in [-0.3, -0.25) is 4.90 Å². The summed E-state index contributed by atoms with van der Waals surface area (Å²) in [5.41, 5.74) is 10.1. The standard InChI is InChI=1S/C26H26N2O3/c27-26(29)30-23-9-11-25-21(15-23)8-7-20-14-18(6-10-24(20)31-25)16-28-13-12-22(17-28)19-4-2-1-3-5-19/h1-6,9-11,14-15,22H,7-8,12-13,16-17H2,(H2,27,29). The van der Waals surface area contributed by atoms with Crippen LogP contribution in [0.2, 0.25) is 0 Å². The minimum atomic E-state index is -0.807. The van der Waals surface area contributed by atoms with Crippen LogP contribution in [0.5, 0.6) is 17.2 Å². The lowest BCUT2D eigenvalue weighted by Crippen LogP contribution is -2.19. The summed E-state index contributed by atoms with van der Waals surface area (Å²) in [6.07, 6.45) is 2.10. The highest BCUT2D eigenvalue weighted by Gasteiger charge is 2.24. The minimum Gasteiger partial charge on any atom is -0.457 e. The first-order valence-electron chi connectivity index (χ1n) is 10.8. The van der Waals surface area contributed by atoms with Crippen LogP contribution in [0.1, 0.15) is 34.6 Å². The van der Waals surface area contributed by atoms with Crippen LogP contribution in [0, 0.1) is 0 Å². The van der Waals surface area contributed by atoms with Crippen molar-refractivity contribution in [1.29, 1.82) is 0 Å². The van der Waals surface area contributed by atoms with E-state index in [1.54, 1.807) is 6.07 Å². The van der Waals surface area contributed by atoms with Crippen LogP contribution >= 0.6 is 0 Å². The van der Waals surface area contributed by atoms with E-state index in [-0.39, 0.29) is 0 Å². The second kappa shape index (κ2) is 8.44. The van der Waals surface area contributed by atoms with Crippen molar-refractivity contribution in [3.8, 4) is 17.2 Å². The van der Waals surface area contributed by atoms with Gasteiger partial charge in [-0.05, 0) is 78.2 Å². The third-order valence-corrected chi connectivity index (χ3v) is 6.21. The summed E-state index contributed by atoms with van der Waals surface area (Å²) in [6, 6.07) is 22.7. The maximum atomic E-state index is 11.0. The molecule has 1 atom stereocenters. The molecule has 158 valence electrons. The van der Waals surface area contributed by atoms with Crippen molar-refractivity contribution < 1.29 is 14.3 Å². The largest absolute Gasteiger partial charge is 0.457 e. The van der Waals surface area contributed by atoms with Crippen molar-refractivity contribution in [1.82, 2.24) is 4.90 Å². The van der Waals surface area contributed by atoms with E-state index in [2.05, 4.69) is 53.4 Å². The molecule has 2 N–H and O–H groups in total. The van der Waals surface area contributed by atoms with Gasteiger partial charge in [-0.2, -0.15) is 0 Å². The zero-order valence-electron chi connectivity index (χ0n) is 17.4. The molecule has 3 aromatic rings. The predicted molar refractivity (Wildman–Crippen MR) is 120 cm³/mol. The Balaban J connectivity index is 1.27. The Kier molecular flexibility index (Phi) is 5.35. The van der Waals surface area contributed by atoms with Crippen LogP contribution in [0.15, 0.2) is 66.7 Å². The lowest BCUT2D eigenvalue weighted by molar-refractivity contribution is 0.211. The molecule has 2 heterocycles. The number of carbonyl (C=O) groups excluding carboxylic acids is 1. The fourth-order valence-electron chi connectivity index (χ4n) is 4.68. The second-order valence-electron chi connectivity index (χ2n) is 8.37. The Bertz CT molecular complexity index is 1100. The number of hydrogen-bond donors (Lipinski definition) is 1. The third-order valence-electron chi connectivity index (χ3n) is 6.21. The summed E-state index contributed by atoms with van der Waals surface area (Å²) in [4.78, 5) is 13.6. The lowest BCUT2D eigenvalue weighted by Gasteiger charge is -2.17. The molecule has 0 bridgehead atoms. The molecule has 2 aliphatic heterocycles. The van der Waals surface area contributed by atoms with E-state index >= 15 is 0 Å². The van der Waals surface area contributed by atoms with Gasteiger partial charge in [-0.1, -0.05) is 42.5 Å². The lowest BCUT2D eigenvalue weighted by atomic mass is 9.99. The Morgan fingerprint density at radius 2 is 1.74 bits per heavy atom. The molecule has 5 heteroatoms. The Hall–Kier alpha value is -3.31. The summed E-state index contributed by atoms with van der Waals surface area (Å²) < 4.78 is 11.2. The van der Waals surface area contributed by atoms with Crippen LogP contribution < -0.4 is 15.2 Å². The monoisotopic (exact) mass is 414 g/mol. The molecule has 5 nitrogen and oxygen atoms in total. The number of carbonyl (C=O) groups is 1. The van der Waals surface area contributed by atoms with Gasteiger partial charge in [0.15, 0.2) is 0 Å². The van der Waals surface area contributed by atoms with Gasteiger partial charge in [0.05, 0.1) is 0 Å². The van der Waals surface area contributed by atoms with E-state index < -0.39 is 6.09 Å². The van der Waals surface area contributed by atoms with Crippen molar-refractivity contribution in [3.05, 3.63) is 89.0 Å². The zero-order valence-corrected chi connectivity index (χ0v) is 17.4. The van der Waals surface area contributed by atoms with Crippen LogP contribution in [-0.4, -0.2) is 24.1 Å². The van der Waals surface area contributed by atoms with Gasteiger partial charge in [-0.25, -0.2) is 4.79 Å². The molecule has 0 aliphatic carbocycles. The van der Waals surface area contributed by atoms with E-state index in [9.17, 15) is 4.79 Å². The predicted octanol–water partition coefficient (Wildman–Crippen LogP) is 5.02. The first-order valence-corrected chi connectivity index (χ1v) is 10.8. The molecule has 1 amide bonds.